The molecule has 0 saturated carbocycles. The lowest BCUT2D eigenvalue weighted by Crippen LogP contribution is -2.22. The molecule has 0 aromatic carbocycles. The van der Waals surface area contributed by atoms with Crippen LogP contribution in [0.25, 0.3) is 0 Å². The molecule has 0 amide bonds. The standard InChI is InChI=1S/C11H14N4/c1-8(2)7-15(4)11-13-9(3)5-10(6-12)14-11/h5H,1,7H2,2-4H3. The van der Waals surface area contributed by atoms with E-state index in [9.17, 15) is 0 Å². The molecule has 0 fully saturated rings. The first kappa shape index (κ1) is 11.2. The maximum absolute atomic E-state index is 8.77. The minimum atomic E-state index is 0.395. The van der Waals surface area contributed by atoms with Crippen LogP contribution in [0.1, 0.15) is 18.3 Å². The second-order valence-corrected chi connectivity index (χ2v) is 3.62. The molecular formula is C11H14N4. The molecule has 0 aliphatic rings. The Morgan fingerprint density at radius 2 is 2.27 bits per heavy atom. The number of anilines is 1. The summed E-state index contributed by atoms with van der Waals surface area (Å²) in [6.07, 6.45) is 0. The van der Waals surface area contributed by atoms with E-state index in [2.05, 4.69) is 16.5 Å². The van der Waals surface area contributed by atoms with Gasteiger partial charge in [0.15, 0.2) is 0 Å². The Morgan fingerprint density at radius 1 is 1.60 bits per heavy atom. The zero-order valence-corrected chi connectivity index (χ0v) is 9.28. The average molecular weight is 202 g/mol. The summed E-state index contributed by atoms with van der Waals surface area (Å²) in [4.78, 5) is 10.2. The first-order chi connectivity index (χ1) is 7.02. The van der Waals surface area contributed by atoms with E-state index in [0.717, 1.165) is 11.3 Å². The summed E-state index contributed by atoms with van der Waals surface area (Å²) in [5.74, 6) is 0.564. The molecule has 4 nitrogen and oxygen atoms in total. The van der Waals surface area contributed by atoms with E-state index in [-0.39, 0.29) is 0 Å². The second-order valence-electron chi connectivity index (χ2n) is 3.62. The maximum Gasteiger partial charge on any atom is 0.226 e. The quantitative estimate of drug-likeness (QED) is 0.699. The summed E-state index contributed by atoms with van der Waals surface area (Å²) in [7, 11) is 1.88. The van der Waals surface area contributed by atoms with Crippen LogP contribution in [0.4, 0.5) is 5.95 Å². The lowest BCUT2D eigenvalue weighted by atomic mass is 10.3. The highest BCUT2D eigenvalue weighted by Gasteiger charge is 2.06. The number of aromatic nitrogens is 2. The predicted octanol–water partition coefficient (Wildman–Crippen LogP) is 1.67. The Labute approximate surface area is 89.9 Å². The van der Waals surface area contributed by atoms with Crippen molar-refractivity contribution in [2.24, 2.45) is 0 Å². The van der Waals surface area contributed by atoms with E-state index in [1.54, 1.807) is 6.07 Å². The second kappa shape index (κ2) is 4.56. The van der Waals surface area contributed by atoms with Crippen LogP contribution in [-0.2, 0) is 0 Å². The number of nitriles is 1. The predicted molar refractivity (Wildman–Crippen MR) is 59.6 cm³/mol. The number of hydrogen-bond acceptors (Lipinski definition) is 4. The monoisotopic (exact) mass is 202 g/mol. The lowest BCUT2D eigenvalue weighted by Gasteiger charge is -2.17. The van der Waals surface area contributed by atoms with Crippen molar-refractivity contribution in [1.82, 2.24) is 9.97 Å². The van der Waals surface area contributed by atoms with Gasteiger partial charge in [-0.05, 0) is 19.9 Å². The largest absolute Gasteiger partial charge is 0.340 e. The fraction of sp³-hybridized carbons (Fsp3) is 0.364. The molecule has 0 unspecified atom stereocenters. The van der Waals surface area contributed by atoms with Crippen LogP contribution < -0.4 is 4.90 Å². The summed E-state index contributed by atoms with van der Waals surface area (Å²) in [6.45, 7) is 8.30. The fourth-order valence-electron chi connectivity index (χ4n) is 1.26. The maximum atomic E-state index is 8.77. The van der Waals surface area contributed by atoms with Crippen LogP contribution in [0, 0.1) is 18.3 Å². The van der Waals surface area contributed by atoms with Gasteiger partial charge in [0.1, 0.15) is 11.8 Å². The van der Waals surface area contributed by atoms with Gasteiger partial charge in [0.2, 0.25) is 5.95 Å². The first-order valence-corrected chi connectivity index (χ1v) is 4.64. The highest BCUT2D eigenvalue weighted by Crippen LogP contribution is 2.09. The molecule has 0 N–H and O–H groups in total. The summed E-state index contributed by atoms with van der Waals surface area (Å²) >= 11 is 0. The van der Waals surface area contributed by atoms with Gasteiger partial charge in [-0.25, -0.2) is 9.97 Å². The van der Waals surface area contributed by atoms with E-state index in [1.807, 2.05) is 31.9 Å². The molecule has 0 aliphatic carbocycles. The van der Waals surface area contributed by atoms with Gasteiger partial charge in [0.05, 0.1) is 0 Å². The van der Waals surface area contributed by atoms with Gasteiger partial charge in [-0.1, -0.05) is 12.2 Å². The first-order valence-electron chi connectivity index (χ1n) is 4.64. The molecule has 1 aromatic rings. The van der Waals surface area contributed by atoms with Gasteiger partial charge in [-0.2, -0.15) is 5.26 Å². The lowest BCUT2D eigenvalue weighted by molar-refractivity contribution is 0.900. The van der Waals surface area contributed by atoms with Crippen molar-refractivity contribution in [3.8, 4) is 6.07 Å². The van der Waals surface area contributed by atoms with Gasteiger partial charge in [0, 0.05) is 19.3 Å². The smallest absolute Gasteiger partial charge is 0.226 e. The number of aryl methyl sites for hydroxylation is 1. The highest BCUT2D eigenvalue weighted by atomic mass is 15.2. The molecule has 0 saturated heterocycles. The van der Waals surface area contributed by atoms with Crippen molar-refractivity contribution < 1.29 is 0 Å². The van der Waals surface area contributed by atoms with Gasteiger partial charge >= 0.3 is 0 Å². The Hall–Kier alpha value is -1.89. The van der Waals surface area contributed by atoms with Gasteiger partial charge in [-0.15, -0.1) is 0 Å². The molecule has 1 heterocycles. The van der Waals surface area contributed by atoms with Crippen molar-refractivity contribution in [3.05, 3.63) is 29.6 Å². The zero-order valence-electron chi connectivity index (χ0n) is 9.28. The third kappa shape index (κ3) is 3.06. The van der Waals surface area contributed by atoms with Crippen LogP contribution in [0.3, 0.4) is 0 Å². The Bertz CT molecular complexity index is 417. The topological polar surface area (TPSA) is 52.8 Å². The third-order valence-electron chi connectivity index (χ3n) is 1.81. The molecule has 0 radical (unpaired) electrons. The fourth-order valence-corrected chi connectivity index (χ4v) is 1.26. The van der Waals surface area contributed by atoms with E-state index in [4.69, 9.17) is 5.26 Å². The zero-order chi connectivity index (χ0) is 11.4. The van der Waals surface area contributed by atoms with Crippen molar-refractivity contribution in [1.29, 1.82) is 5.26 Å². The minimum absolute atomic E-state index is 0.395. The van der Waals surface area contributed by atoms with Gasteiger partial charge < -0.3 is 4.90 Å². The van der Waals surface area contributed by atoms with Crippen LogP contribution in [-0.4, -0.2) is 23.6 Å². The van der Waals surface area contributed by atoms with E-state index >= 15 is 0 Å². The van der Waals surface area contributed by atoms with Crippen LogP contribution in [0.2, 0.25) is 0 Å². The Balaban J connectivity index is 2.99. The molecule has 0 atom stereocenters. The van der Waals surface area contributed by atoms with Gasteiger partial charge in [0.25, 0.3) is 0 Å². The van der Waals surface area contributed by atoms with Crippen LogP contribution in [0.5, 0.6) is 0 Å². The SMILES string of the molecule is C=C(C)CN(C)c1nc(C)cc(C#N)n1. The van der Waals surface area contributed by atoms with E-state index in [1.165, 1.54) is 0 Å². The molecule has 0 bridgehead atoms. The highest BCUT2D eigenvalue weighted by molar-refractivity contribution is 5.36. The minimum Gasteiger partial charge on any atom is -0.340 e. The van der Waals surface area contributed by atoms with Crippen molar-refractivity contribution in [2.45, 2.75) is 13.8 Å². The Kier molecular flexibility index (Phi) is 3.40. The summed E-state index contributed by atoms with van der Waals surface area (Å²) in [5, 5.41) is 8.77. The number of nitrogens with zero attached hydrogens (tertiary/aromatic N) is 4. The van der Waals surface area contributed by atoms with Crippen molar-refractivity contribution in [2.75, 3.05) is 18.5 Å². The summed E-state index contributed by atoms with van der Waals surface area (Å²) in [5.41, 5.74) is 2.22. The summed E-state index contributed by atoms with van der Waals surface area (Å²) < 4.78 is 0. The Morgan fingerprint density at radius 3 is 2.80 bits per heavy atom. The molecule has 1 rings (SSSR count). The number of rotatable bonds is 3. The molecule has 78 valence electrons. The molecular weight excluding hydrogens is 188 g/mol. The molecule has 1 aromatic heterocycles. The molecule has 0 spiro atoms. The van der Waals surface area contributed by atoms with Crippen molar-refractivity contribution >= 4 is 5.95 Å². The summed E-state index contributed by atoms with van der Waals surface area (Å²) in [6, 6.07) is 3.68. The number of likely N-dealkylation sites (N-methyl/N-ethyl adjacent to an activating group) is 1. The van der Waals surface area contributed by atoms with Gasteiger partial charge in [-0.3, -0.25) is 0 Å². The molecule has 0 aliphatic heterocycles. The molecule has 15 heavy (non-hydrogen) atoms. The number of hydrogen-bond donors (Lipinski definition) is 0. The average Bonchev–Trinajstić information content (AvgIpc) is 2.15. The third-order valence-corrected chi connectivity index (χ3v) is 1.81. The van der Waals surface area contributed by atoms with E-state index < -0.39 is 0 Å². The van der Waals surface area contributed by atoms with Crippen LogP contribution >= 0.6 is 0 Å². The van der Waals surface area contributed by atoms with Crippen molar-refractivity contribution in [3.63, 3.8) is 0 Å². The normalized spacial score (nSPS) is 9.47. The van der Waals surface area contributed by atoms with Crippen LogP contribution in [0.15, 0.2) is 18.2 Å². The molecule has 4 heteroatoms. The van der Waals surface area contributed by atoms with E-state index in [0.29, 0.717) is 18.2 Å².